The van der Waals surface area contributed by atoms with Crippen molar-refractivity contribution in [1.82, 2.24) is 25.5 Å². The van der Waals surface area contributed by atoms with E-state index < -0.39 is 66.1 Å². The number of nitrogens with one attached hydrogen (secondary N) is 2. The highest BCUT2D eigenvalue weighted by molar-refractivity contribution is 5.88. The summed E-state index contributed by atoms with van der Waals surface area (Å²) in [7, 11) is 0. The number of rotatable bonds is 6. The molecule has 0 radical (unpaired) electrons. The molecule has 1 fully saturated rings. The number of hydrogen-bond acceptors (Lipinski definition) is 5. The standard InChI is InChI=1S/C20H18F7N5O3/c1-9-18(33)28-6-7-32(9)19(34)31-14(12-4-3-11(21)15(30-12)20(25,26)27)10-2-5-13(29-8-10)35-17(24)16(22)23/h2-5,8-9,14,16-17H,6-7H2,1H3,(H,28,33)(H,31,34)/t9-,14-,17?/m1/s1. The van der Waals surface area contributed by atoms with E-state index in [0.29, 0.717) is 6.07 Å². The molecular formula is C20H18F7N5O3. The molecule has 15 heteroatoms. The summed E-state index contributed by atoms with van der Waals surface area (Å²) in [6, 6.07) is 0.299. The minimum atomic E-state index is -5.14. The number of carbonyl (C=O) groups is 2. The number of alkyl halides is 6. The first kappa shape index (κ1) is 26.0. The van der Waals surface area contributed by atoms with Gasteiger partial charge in [-0.2, -0.15) is 17.6 Å². The summed E-state index contributed by atoms with van der Waals surface area (Å²) in [6.07, 6.45) is -10.6. The Bertz CT molecular complexity index is 1070. The summed E-state index contributed by atoms with van der Waals surface area (Å²) in [5.74, 6) is -2.66. The van der Waals surface area contributed by atoms with Gasteiger partial charge in [-0.1, -0.05) is 0 Å². The van der Waals surface area contributed by atoms with Gasteiger partial charge in [-0.15, -0.1) is 0 Å². The SMILES string of the molecule is C[C@@H]1C(=O)NCCN1C(=O)N[C@H](c1ccc(OC(F)C(F)F)nc1)c1ccc(F)c(C(F)(F)F)n1. The van der Waals surface area contributed by atoms with E-state index in [1.165, 1.54) is 6.92 Å². The van der Waals surface area contributed by atoms with E-state index >= 15 is 0 Å². The van der Waals surface area contributed by atoms with Crippen molar-refractivity contribution in [3.05, 3.63) is 53.2 Å². The van der Waals surface area contributed by atoms with Crippen molar-refractivity contribution >= 4 is 11.9 Å². The maximum atomic E-state index is 13.8. The van der Waals surface area contributed by atoms with Gasteiger partial charge < -0.3 is 20.3 Å². The van der Waals surface area contributed by atoms with Crippen LogP contribution in [-0.4, -0.2) is 58.7 Å². The predicted molar refractivity (Wildman–Crippen MR) is 105 cm³/mol. The van der Waals surface area contributed by atoms with Gasteiger partial charge in [-0.3, -0.25) is 4.79 Å². The first-order valence-corrected chi connectivity index (χ1v) is 10.0. The van der Waals surface area contributed by atoms with Crippen LogP contribution in [0.2, 0.25) is 0 Å². The summed E-state index contributed by atoms with van der Waals surface area (Å²) in [5.41, 5.74) is -2.28. The van der Waals surface area contributed by atoms with Crippen molar-refractivity contribution in [3.8, 4) is 5.88 Å². The monoisotopic (exact) mass is 509 g/mol. The Hall–Kier alpha value is -3.65. The number of piperazine rings is 1. The lowest BCUT2D eigenvalue weighted by Gasteiger charge is -2.34. The zero-order valence-corrected chi connectivity index (χ0v) is 17.8. The van der Waals surface area contributed by atoms with E-state index in [1.54, 1.807) is 0 Å². The fourth-order valence-corrected chi connectivity index (χ4v) is 3.21. The van der Waals surface area contributed by atoms with Crippen LogP contribution in [0.4, 0.5) is 35.5 Å². The lowest BCUT2D eigenvalue weighted by atomic mass is 10.0. The first-order valence-electron chi connectivity index (χ1n) is 10.0. The first-order chi connectivity index (χ1) is 16.4. The maximum Gasteiger partial charge on any atom is 0.436 e. The van der Waals surface area contributed by atoms with Crippen LogP contribution in [0.25, 0.3) is 0 Å². The van der Waals surface area contributed by atoms with Crippen LogP contribution in [0.5, 0.6) is 5.88 Å². The topological polar surface area (TPSA) is 96.5 Å². The lowest BCUT2D eigenvalue weighted by Crippen LogP contribution is -2.58. The van der Waals surface area contributed by atoms with Gasteiger partial charge in [0, 0.05) is 25.4 Å². The molecule has 0 saturated carbocycles. The number of carbonyl (C=O) groups excluding carboxylic acids is 2. The van der Waals surface area contributed by atoms with E-state index in [-0.39, 0.29) is 18.7 Å². The third-order valence-corrected chi connectivity index (χ3v) is 4.98. The van der Waals surface area contributed by atoms with Crippen molar-refractivity contribution in [1.29, 1.82) is 0 Å². The van der Waals surface area contributed by atoms with Crippen LogP contribution >= 0.6 is 0 Å². The Balaban J connectivity index is 1.96. The number of aromatic nitrogens is 2. The zero-order chi connectivity index (χ0) is 25.9. The van der Waals surface area contributed by atoms with Gasteiger partial charge in [0.1, 0.15) is 6.04 Å². The van der Waals surface area contributed by atoms with Crippen molar-refractivity contribution in [2.24, 2.45) is 0 Å². The van der Waals surface area contributed by atoms with Gasteiger partial charge in [0.2, 0.25) is 11.8 Å². The molecule has 1 saturated heterocycles. The van der Waals surface area contributed by atoms with Crippen LogP contribution in [0.3, 0.4) is 0 Å². The van der Waals surface area contributed by atoms with Crippen LogP contribution < -0.4 is 15.4 Å². The van der Waals surface area contributed by atoms with E-state index in [9.17, 15) is 40.3 Å². The van der Waals surface area contributed by atoms with Crippen molar-refractivity contribution < 1.29 is 45.1 Å². The smallest absolute Gasteiger partial charge is 0.436 e. The number of nitrogens with zero attached hydrogens (tertiary/aromatic N) is 3. The van der Waals surface area contributed by atoms with Crippen LogP contribution in [-0.2, 0) is 11.0 Å². The molecule has 8 nitrogen and oxygen atoms in total. The molecule has 3 amide bonds. The predicted octanol–water partition coefficient (Wildman–Crippen LogP) is 3.19. The van der Waals surface area contributed by atoms with E-state index in [4.69, 9.17) is 0 Å². The van der Waals surface area contributed by atoms with Gasteiger partial charge >= 0.3 is 18.6 Å². The zero-order valence-electron chi connectivity index (χ0n) is 17.8. The van der Waals surface area contributed by atoms with Crippen LogP contribution in [0, 0.1) is 5.82 Å². The molecule has 3 rings (SSSR count). The highest BCUT2D eigenvalue weighted by Gasteiger charge is 2.38. The molecule has 0 aliphatic carbocycles. The van der Waals surface area contributed by atoms with Gasteiger partial charge in [0.05, 0.1) is 11.7 Å². The molecule has 35 heavy (non-hydrogen) atoms. The summed E-state index contributed by atoms with van der Waals surface area (Å²) < 4.78 is 95.5. The van der Waals surface area contributed by atoms with Crippen molar-refractivity contribution in [3.63, 3.8) is 0 Å². The molecular weight excluding hydrogens is 491 g/mol. The highest BCUT2D eigenvalue weighted by atomic mass is 19.4. The van der Waals surface area contributed by atoms with Gasteiger partial charge in [-0.25, -0.2) is 27.9 Å². The van der Waals surface area contributed by atoms with Gasteiger partial charge in [0.15, 0.2) is 11.5 Å². The molecule has 1 aliphatic rings. The Morgan fingerprint density at radius 3 is 2.54 bits per heavy atom. The third kappa shape index (κ3) is 6.08. The number of ether oxygens (including phenoxy) is 1. The van der Waals surface area contributed by atoms with E-state index in [0.717, 1.165) is 29.3 Å². The molecule has 0 spiro atoms. The highest BCUT2D eigenvalue weighted by Crippen LogP contribution is 2.32. The molecule has 2 aromatic heterocycles. The Morgan fingerprint density at radius 2 is 1.94 bits per heavy atom. The minimum absolute atomic E-state index is 0.0144. The molecule has 2 N–H and O–H groups in total. The second-order valence-electron chi connectivity index (χ2n) is 7.34. The van der Waals surface area contributed by atoms with E-state index in [1.807, 2.05) is 0 Å². The quantitative estimate of drug-likeness (QED) is 0.584. The van der Waals surface area contributed by atoms with Crippen LogP contribution in [0.15, 0.2) is 30.5 Å². The fourth-order valence-electron chi connectivity index (χ4n) is 3.21. The largest absolute Gasteiger partial charge is 0.437 e. The van der Waals surface area contributed by atoms with Gasteiger partial charge in [-0.05, 0) is 30.7 Å². The second kappa shape index (κ2) is 10.3. The number of urea groups is 1. The average molecular weight is 509 g/mol. The average Bonchev–Trinajstić information content (AvgIpc) is 2.79. The normalized spacial score (nSPS) is 18.1. The molecule has 0 aromatic carbocycles. The molecule has 3 heterocycles. The number of hydrogen-bond donors (Lipinski definition) is 2. The molecule has 1 unspecified atom stereocenters. The Labute approximate surface area is 193 Å². The van der Waals surface area contributed by atoms with Crippen LogP contribution in [0.1, 0.15) is 29.9 Å². The van der Waals surface area contributed by atoms with Gasteiger partial charge in [0.25, 0.3) is 6.36 Å². The fraction of sp³-hybridized carbons (Fsp3) is 0.400. The van der Waals surface area contributed by atoms with E-state index in [2.05, 4.69) is 25.3 Å². The molecule has 190 valence electrons. The second-order valence-corrected chi connectivity index (χ2v) is 7.34. The molecule has 2 aromatic rings. The minimum Gasteiger partial charge on any atom is -0.437 e. The summed E-state index contributed by atoms with van der Waals surface area (Å²) in [4.78, 5) is 32.8. The number of pyridine rings is 2. The number of amides is 3. The van der Waals surface area contributed by atoms with Crippen molar-refractivity contribution in [2.75, 3.05) is 13.1 Å². The Morgan fingerprint density at radius 1 is 1.23 bits per heavy atom. The lowest BCUT2D eigenvalue weighted by molar-refractivity contribution is -0.143. The summed E-state index contributed by atoms with van der Waals surface area (Å²) >= 11 is 0. The summed E-state index contributed by atoms with van der Waals surface area (Å²) in [5, 5.41) is 4.97. The molecule has 1 aliphatic heterocycles. The summed E-state index contributed by atoms with van der Waals surface area (Å²) in [6.45, 7) is 1.66. The molecule has 0 bridgehead atoms. The maximum absolute atomic E-state index is 13.8. The molecule has 3 atom stereocenters. The number of halogens is 7. The van der Waals surface area contributed by atoms with Crippen molar-refractivity contribution in [2.45, 2.75) is 38.0 Å². The third-order valence-electron chi connectivity index (χ3n) is 4.98. The Kier molecular flexibility index (Phi) is 7.65.